The average molecular weight is 224 g/mol. The Morgan fingerprint density at radius 2 is 2.12 bits per heavy atom. The molecule has 0 radical (unpaired) electrons. The fourth-order valence-electron chi connectivity index (χ4n) is 2.16. The Morgan fingerprint density at radius 3 is 2.62 bits per heavy atom. The maximum Gasteiger partial charge on any atom is 0.106 e. The Bertz CT molecular complexity index is 291. The first-order valence-corrected chi connectivity index (χ1v) is 6.41. The highest BCUT2D eigenvalue weighted by molar-refractivity contribution is 5.18. The summed E-state index contributed by atoms with van der Waals surface area (Å²) in [4.78, 5) is 0. The van der Waals surface area contributed by atoms with Crippen molar-refractivity contribution in [2.75, 3.05) is 0 Å². The number of rotatable bonds is 7. The maximum absolute atomic E-state index is 10.1. The van der Waals surface area contributed by atoms with Crippen molar-refractivity contribution < 1.29 is 9.52 Å². The van der Waals surface area contributed by atoms with Crippen molar-refractivity contribution in [1.82, 2.24) is 0 Å². The molecule has 2 unspecified atom stereocenters. The molecule has 2 nitrogen and oxygen atoms in total. The second-order valence-corrected chi connectivity index (χ2v) is 4.60. The first kappa shape index (κ1) is 13.3. The fourth-order valence-corrected chi connectivity index (χ4v) is 2.16. The molecule has 1 N–H and O–H groups in total. The number of hydrogen-bond acceptors (Lipinski definition) is 2. The smallest absolute Gasteiger partial charge is 0.106 e. The molecule has 0 spiro atoms. The molecular weight excluding hydrogens is 200 g/mol. The predicted octanol–water partition coefficient (Wildman–Crippen LogP) is 4.23. The summed E-state index contributed by atoms with van der Waals surface area (Å²) in [6, 6.07) is 1.88. The number of aliphatic hydroxyl groups is 1. The topological polar surface area (TPSA) is 33.4 Å². The van der Waals surface area contributed by atoms with E-state index in [0.29, 0.717) is 5.92 Å². The number of aryl methyl sites for hydroxylation is 1. The molecule has 0 fully saturated rings. The van der Waals surface area contributed by atoms with Gasteiger partial charge in [0.15, 0.2) is 0 Å². The highest BCUT2D eigenvalue weighted by Crippen LogP contribution is 2.28. The van der Waals surface area contributed by atoms with E-state index in [2.05, 4.69) is 13.8 Å². The van der Waals surface area contributed by atoms with Crippen LogP contribution in [0.15, 0.2) is 16.7 Å². The lowest BCUT2D eigenvalue weighted by Crippen LogP contribution is -2.07. The Balaban J connectivity index is 2.48. The molecule has 1 aromatic rings. The lowest BCUT2D eigenvalue weighted by atomic mass is 9.91. The van der Waals surface area contributed by atoms with Crippen LogP contribution in [-0.4, -0.2) is 5.11 Å². The van der Waals surface area contributed by atoms with Gasteiger partial charge in [-0.2, -0.15) is 0 Å². The summed E-state index contributed by atoms with van der Waals surface area (Å²) in [6.45, 7) is 6.32. The van der Waals surface area contributed by atoms with E-state index >= 15 is 0 Å². The molecule has 0 aliphatic heterocycles. The highest BCUT2D eigenvalue weighted by atomic mass is 16.3. The van der Waals surface area contributed by atoms with E-state index in [1.165, 1.54) is 19.3 Å². The summed E-state index contributed by atoms with van der Waals surface area (Å²) in [5, 5.41) is 10.1. The maximum atomic E-state index is 10.1. The van der Waals surface area contributed by atoms with Crippen molar-refractivity contribution in [2.24, 2.45) is 5.92 Å². The molecule has 0 bridgehead atoms. The largest absolute Gasteiger partial charge is 0.469 e. The molecule has 1 aromatic heterocycles. The zero-order chi connectivity index (χ0) is 12.0. The molecule has 0 aromatic carbocycles. The van der Waals surface area contributed by atoms with Crippen LogP contribution in [0, 0.1) is 12.8 Å². The van der Waals surface area contributed by atoms with Gasteiger partial charge in [-0.05, 0) is 25.3 Å². The SMILES string of the molecule is CCCCC(CC)CC(O)c1ccoc1C. The van der Waals surface area contributed by atoms with Gasteiger partial charge < -0.3 is 9.52 Å². The lowest BCUT2D eigenvalue weighted by molar-refractivity contribution is 0.137. The zero-order valence-corrected chi connectivity index (χ0v) is 10.7. The van der Waals surface area contributed by atoms with E-state index in [4.69, 9.17) is 4.42 Å². The third-order valence-electron chi connectivity index (χ3n) is 3.36. The number of furan rings is 1. The molecule has 2 heteroatoms. The second-order valence-electron chi connectivity index (χ2n) is 4.60. The van der Waals surface area contributed by atoms with Crippen LogP contribution < -0.4 is 0 Å². The van der Waals surface area contributed by atoms with Crippen molar-refractivity contribution >= 4 is 0 Å². The van der Waals surface area contributed by atoms with Crippen LogP contribution in [0.5, 0.6) is 0 Å². The van der Waals surface area contributed by atoms with E-state index in [9.17, 15) is 5.11 Å². The summed E-state index contributed by atoms with van der Waals surface area (Å²) in [5.74, 6) is 1.47. The molecule has 0 amide bonds. The first-order chi connectivity index (χ1) is 7.69. The Morgan fingerprint density at radius 1 is 1.38 bits per heavy atom. The number of aliphatic hydroxyl groups excluding tert-OH is 1. The van der Waals surface area contributed by atoms with Crippen molar-refractivity contribution in [3.63, 3.8) is 0 Å². The Labute approximate surface area is 98.7 Å². The van der Waals surface area contributed by atoms with Gasteiger partial charge in [-0.3, -0.25) is 0 Å². The van der Waals surface area contributed by atoms with Crippen LogP contribution in [0.25, 0.3) is 0 Å². The molecule has 0 saturated carbocycles. The van der Waals surface area contributed by atoms with Gasteiger partial charge in [0.05, 0.1) is 12.4 Å². The van der Waals surface area contributed by atoms with Gasteiger partial charge in [0.1, 0.15) is 5.76 Å². The minimum Gasteiger partial charge on any atom is -0.469 e. The summed E-state index contributed by atoms with van der Waals surface area (Å²) in [5.41, 5.74) is 0.954. The zero-order valence-electron chi connectivity index (χ0n) is 10.7. The van der Waals surface area contributed by atoms with E-state index in [1.54, 1.807) is 6.26 Å². The van der Waals surface area contributed by atoms with Crippen LogP contribution in [0.2, 0.25) is 0 Å². The van der Waals surface area contributed by atoms with Gasteiger partial charge in [-0.1, -0.05) is 39.5 Å². The van der Waals surface area contributed by atoms with E-state index in [-0.39, 0.29) is 6.10 Å². The molecule has 16 heavy (non-hydrogen) atoms. The molecular formula is C14H24O2. The molecule has 0 aliphatic carbocycles. The van der Waals surface area contributed by atoms with E-state index in [1.807, 2.05) is 13.0 Å². The standard InChI is InChI=1S/C14H24O2/c1-4-6-7-12(5-2)10-14(15)13-8-9-16-11(13)3/h8-9,12,14-15H,4-7,10H2,1-3H3. The second kappa shape index (κ2) is 6.74. The first-order valence-electron chi connectivity index (χ1n) is 6.41. The summed E-state index contributed by atoms with van der Waals surface area (Å²) >= 11 is 0. The van der Waals surface area contributed by atoms with Gasteiger partial charge in [0.25, 0.3) is 0 Å². The fraction of sp³-hybridized carbons (Fsp3) is 0.714. The van der Waals surface area contributed by atoms with Crippen LogP contribution in [-0.2, 0) is 0 Å². The van der Waals surface area contributed by atoms with Crippen molar-refractivity contribution in [3.8, 4) is 0 Å². The van der Waals surface area contributed by atoms with Gasteiger partial charge in [-0.15, -0.1) is 0 Å². The van der Waals surface area contributed by atoms with Crippen LogP contribution in [0.1, 0.15) is 63.4 Å². The third kappa shape index (κ3) is 3.67. The summed E-state index contributed by atoms with van der Waals surface area (Å²) in [6.07, 6.45) is 7.01. The molecule has 92 valence electrons. The minimum atomic E-state index is -0.361. The van der Waals surface area contributed by atoms with Crippen molar-refractivity contribution in [3.05, 3.63) is 23.7 Å². The number of unbranched alkanes of at least 4 members (excludes halogenated alkanes) is 1. The monoisotopic (exact) mass is 224 g/mol. The molecule has 1 heterocycles. The van der Waals surface area contributed by atoms with E-state index in [0.717, 1.165) is 24.2 Å². The Hall–Kier alpha value is -0.760. The molecule has 0 saturated heterocycles. The van der Waals surface area contributed by atoms with Gasteiger partial charge in [-0.25, -0.2) is 0 Å². The Kier molecular flexibility index (Phi) is 5.61. The number of hydrogen-bond donors (Lipinski definition) is 1. The highest BCUT2D eigenvalue weighted by Gasteiger charge is 2.17. The molecule has 1 rings (SSSR count). The van der Waals surface area contributed by atoms with Gasteiger partial charge in [0, 0.05) is 5.56 Å². The van der Waals surface area contributed by atoms with Crippen molar-refractivity contribution in [1.29, 1.82) is 0 Å². The van der Waals surface area contributed by atoms with Gasteiger partial charge in [0.2, 0.25) is 0 Å². The minimum absolute atomic E-state index is 0.361. The third-order valence-corrected chi connectivity index (χ3v) is 3.36. The predicted molar refractivity (Wildman–Crippen MR) is 66.3 cm³/mol. The lowest BCUT2D eigenvalue weighted by Gasteiger charge is -2.18. The van der Waals surface area contributed by atoms with Crippen LogP contribution in [0.4, 0.5) is 0 Å². The molecule has 2 atom stereocenters. The van der Waals surface area contributed by atoms with E-state index < -0.39 is 0 Å². The quantitative estimate of drug-likeness (QED) is 0.752. The van der Waals surface area contributed by atoms with Gasteiger partial charge >= 0.3 is 0 Å². The average Bonchev–Trinajstić information content (AvgIpc) is 2.70. The summed E-state index contributed by atoms with van der Waals surface area (Å²) in [7, 11) is 0. The summed E-state index contributed by atoms with van der Waals surface area (Å²) < 4.78 is 5.22. The molecule has 0 aliphatic rings. The normalized spacial score (nSPS) is 15.0. The van der Waals surface area contributed by atoms with Crippen LogP contribution >= 0.6 is 0 Å². The van der Waals surface area contributed by atoms with Crippen molar-refractivity contribution in [2.45, 2.75) is 59.0 Å². The van der Waals surface area contributed by atoms with Crippen LogP contribution in [0.3, 0.4) is 0 Å².